The van der Waals surface area contributed by atoms with E-state index in [0.717, 1.165) is 19.6 Å². The van der Waals surface area contributed by atoms with Crippen molar-refractivity contribution in [3.63, 3.8) is 0 Å². The zero-order chi connectivity index (χ0) is 14.1. The zero-order valence-electron chi connectivity index (χ0n) is 12.9. The van der Waals surface area contributed by atoms with Crippen LogP contribution in [0, 0.1) is 0 Å². The second-order valence-corrected chi connectivity index (χ2v) is 7.14. The molecule has 1 saturated heterocycles. The van der Waals surface area contributed by atoms with Crippen LogP contribution in [0.1, 0.15) is 48.5 Å². The van der Waals surface area contributed by atoms with E-state index in [2.05, 4.69) is 32.6 Å². The first kappa shape index (κ1) is 15.3. The smallest absolute Gasteiger partial charge is 0.410 e. The van der Waals surface area contributed by atoms with Gasteiger partial charge in [0.05, 0.1) is 0 Å². The average Bonchev–Trinajstić information content (AvgIpc) is 2.12. The molecular formula is C14H28N2O2. The van der Waals surface area contributed by atoms with Crippen molar-refractivity contribution in [3.05, 3.63) is 0 Å². The molecule has 4 heteroatoms. The first-order valence-electron chi connectivity index (χ1n) is 6.75. The largest absolute Gasteiger partial charge is 0.444 e. The predicted octanol–water partition coefficient (Wildman–Crippen LogP) is 2.73. The summed E-state index contributed by atoms with van der Waals surface area (Å²) in [5, 5.41) is 0. The minimum Gasteiger partial charge on any atom is -0.444 e. The third-order valence-electron chi connectivity index (χ3n) is 3.20. The first-order chi connectivity index (χ1) is 8.00. The van der Waals surface area contributed by atoms with E-state index in [1.54, 1.807) is 0 Å². The van der Waals surface area contributed by atoms with Gasteiger partial charge in [-0.3, -0.25) is 4.90 Å². The molecule has 0 saturated carbocycles. The Hall–Kier alpha value is -0.770. The monoisotopic (exact) mass is 256 g/mol. The number of hydrogen-bond acceptors (Lipinski definition) is 3. The van der Waals surface area contributed by atoms with Gasteiger partial charge in [0.2, 0.25) is 0 Å². The minimum absolute atomic E-state index is 0.161. The van der Waals surface area contributed by atoms with Gasteiger partial charge in [0.1, 0.15) is 5.60 Å². The summed E-state index contributed by atoms with van der Waals surface area (Å²) in [7, 11) is 0. The lowest BCUT2D eigenvalue weighted by Gasteiger charge is -2.45. The van der Waals surface area contributed by atoms with Gasteiger partial charge in [-0.15, -0.1) is 0 Å². The number of carbonyl (C=O) groups excluding carboxylic acids is 1. The molecule has 4 nitrogen and oxygen atoms in total. The Morgan fingerprint density at radius 1 is 1.11 bits per heavy atom. The quantitative estimate of drug-likeness (QED) is 0.668. The number of rotatable bonds is 0. The molecule has 1 heterocycles. The van der Waals surface area contributed by atoms with Gasteiger partial charge >= 0.3 is 6.09 Å². The van der Waals surface area contributed by atoms with Crippen LogP contribution < -0.4 is 0 Å². The van der Waals surface area contributed by atoms with E-state index >= 15 is 0 Å². The Bertz CT molecular complexity index is 302. The molecule has 0 bridgehead atoms. The molecule has 0 aliphatic carbocycles. The highest BCUT2D eigenvalue weighted by molar-refractivity contribution is 5.68. The summed E-state index contributed by atoms with van der Waals surface area (Å²) in [5.74, 6) is 0. The van der Waals surface area contributed by atoms with Crippen LogP contribution in [0.5, 0.6) is 0 Å². The molecule has 0 radical (unpaired) electrons. The molecule has 1 aliphatic rings. The summed E-state index contributed by atoms with van der Waals surface area (Å²) in [4.78, 5) is 16.3. The predicted molar refractivity (Wildman–Crippen MR) is 73.7 cm³/mol. The van der Waals surface area contributed by atoms with Crippen molar-refractivity contribution in [3.8, 4) is 0 Å². The summed E-state index contributed by atoms with van der Waals surface area (Å²) >= 11 is 0. The second kappa shape index (κ2) is 5.08. The highest BCUT2D eigenvalue weighted by Gasteiger charge is 2.34. The third-order valence-corrected chi connectivity index (χ3v) is 3.20. The maximum Gasteiger partial charge on any atom is 0.410 e. The number of piperazine rings is 1. The van der Waals surface area contributed by atoms with Crippen molar-refractivity contribution in [2.45, 2.75) is 65.6 Å². The molecular weight excluding hydrogens is 228 g/mol. The Labute approximate surface area is 111 Å². The van der Waals surface area contributed by atoms with Crippen molar-refractivity contribution in [2.75, 3.05) is 19.6 Å². The van der Waals surface area contributed by atoms with Gasteiger partial charge in [-0.1, -0.05) is 0 Å². The van der Waals surface area contributed by atoms with Gasteiger partial charge in [-0.25, -0.2) is 4.79 Å². The second-order valence-electron chi connectivity index (χ2n) is 7.14. The minimum atomic E-state index is -0.419. The van der Waals surface area contributed by atoms with Gasteiger partial charge in [0, 0.05) is 31.2 Å². The standard InChI is InChI=1S/C14H28N2O2/c1-11-10-15(13(2,3)4)8-9-16(11)12(17)18-14(5,6)7/h11H,8-10H2,1-7H3. The topological polar surface area (TPSA) is 32.8 Å². The molecule has 1 amide bonds. The first-order valence-corrected chi connectivity index (χ1v) is 6.75. The lowest BCUT2D eigenvalue weighted by molar-refractivity contribution is -0.0124. The van der Waals surface area contributed by atoms with Crippen molar-refractivity contribution < 1.29 is 9.53 Å². The van der Waals surface area contributed by atoms with E-state index in [-0.39, 0.29) is 17.7 Å². The van der Waals surface area contributed by atoms with Crippen LogP contribution in [-0.4, -0.2) is 52.7 Å². The number of ether oxygens (including phenoxy) is 1. The van der Waals surface area contributed by atoms with E-state index in [1.807, 2.05) is 25.7 Å². The Kier molecular flexibility index (Phi) is 4.31. The van der Waals surface area contributed by atoms with Gasteiger partial charge in [-0.2, -0.15) is 0 Å². The van der Waals surface area contributed by atoms with Crippen LogP contribution in [0.15, 0.2) is 0 Å². The molecule has 1 atom stereocenters. The summed E-state index contributed by atoms with van der Waals surface area (Å²) in [6, 6.07) is 0.202. The third kappa shape index (κ3) is 4.16. The fraction of sp³-hybridized carbons (Fsp3) is 0.929. The fourth-order valence-corrected chi connectivity index (χ4v) is 2.16. The van der Waals surface area contributed by atoms with Crippen molar-refractivity contribution in [2.24, 2.45) is 0 Å². The number of nitrogens with zero attached hydrogens (tertiary/aromatic N) is 2. The Balaban J connectivity index is 2.60. The summed E-state index contributed by atoms with van der Waals surface area (Å²) in [6.45, 7) is 17.0. The van der Waals surface area contributed by atoms with Crippen molar-refractivity contribution in [1.82, 2.24) is 9.80 Å². The van der Waals surface area contributed by atoms with E-state index < -0.39 is 5.60 Å². The van der Waals surface area contributed by atoms with Crippen LogP contribution in [-0.2, 0) is 4.74 Å². The fourth-order valence-electron chi connectivity index (χ4n) is 2.16. The van der Waals surface area contributed by atoms with E-state index in [0.29, 0.717) is 0 Å². The molecule has 1 aliphatic heterocycles. The molecule has 0 aromatic heterocycles. The van der Waals surface area contributed by atoms with E-state index in [4.69, 9.17) is 4.74 Å². The molecule has 1 unspecified atom stereocenters. The van der Waals surface area contributed by atoms with Crippen LogP contribution in [0.4, 0.5) is 4.79 Å². The maximum atomic E-state index is 12.1. The SMILES string of the molecule is CC1CN(C(C)(C)C)CCN1C(=O)OC(C)(C)C. The van der Waals surface area contributed by atoms with Crippen molar-refractivity contribution >= 4 is 6.09 Å². The number of hydrogen-bond donors (Lipinski definition) is 0. The zero-order valence-corrected chi connectivity index (χ0v) is 12.9. The molecule has 0 N–H and O–H groups in total. The Morgan fingerprint density at radius 2 is 1.67 bits per heavy atom. The van der Waals surface area contributed by atoms with Gasteiger partial charge in [-0.05, 0) is 48.5 Å². The average molecular weight is 256 g/mol. The van der Waals surface area contributed by atoms with Gasteiger partial charge in [0.15, 0.2) is 0 Å². The summed E-state index contributed by atoms with van der Waals surface area (Å²) in [6.07, 6.45) is -0.191. The van der Waals surface area contributed by atoms with Crippen LogP contribution in [0.2, 0.25) is 0 Å². The normalized spacial score (nSPS) is 23.1. The molecule has 0 spiro atoms. The maximum absolute atomic E-state index is 12.1. The lowest BCUT2D eigenvalue weighted by atomic mass is 10.0. The molecule has 18 heavy (non-hydrogen) atoms. The Morgan fingerprint density at radius 3 is 2.06 bits per heavy atom. The molecule has 0 aromatic carbocycles. The van der Waals surface area contributed by atoms with E-state index in [9.17, 15) is 4.79 Å². The van der Waals surface area contributed by atoms with Crippen molar-refractivity contribution in [1.29, 1.82) is 0 Å². The molecule has 1 rings (SSSR count). The van der Waals surface area contributed by atoms with Gasteiger partial charge in [0.25, 0.3) is 0 Å². The lowest BCUT2D eigenvalue weighted by Crippen LogP contribution is -2.59. The van der Waals surface area contributed by atoms with Crippen LogP contribution >= 0.6 is 0 Å². The van der Waals surface area contributed by atoms with Crippen LogP contribution in [0.3, 0.4) is 0 Å². The van der Waals surface area contributed by atoms with Crippen LogP contribution in [0.25, 0.3) is 0 Å². The number of amides is 1. The van der Waals surface area contributed by atoms with E-state index in [1.165, 1.54) is 0 Å². The molecule has 0 aromatic rings. The number of carbonyl (C=O) groups is 1. The van der Waals surface area contributed by atoms with Gasteiger partial charge < -0.3 is 9.64 Å². The highest BCUT2D eigenvalue weighted by atomic mass is 16.6. The summed E-state index contributed by atoms with van der Waals surface area (Å²) < 4.78 is 5.44. The highest BCUT2D eigenvalue weighted by Crippen LogP contribution is 2.21. The molecule has 106 valence electrons. The molecule has 1 fully saturated rings. The summed E-state index contributed by atoms with van der Waals surface area (Å²) in [5.41, 5.74) is -0.258.